The number of rotatable bonds is 2. The zero-order chi connectivity index (χ0) is 8.15. The molecule has 0 aromatic heterocycles. The summed E-state index contributed by atoms with van der Waals surface area (Å²) in [6, 6.07) is 0. The highest BCUT2D eigenvalue weighted by molar-refractivity contribution is 6.33. The van der Waals surface area contributed by atoms with Gasteiger partial charge in [0.05, 0.1) is 0 Å². The summed E-state index contributed by atoms with van der Waals surface area (Å²) in [7, 11) is 0. The summed E-state index contributed by atoms with van der Waals surface area (Å²) in [5.41, 5.74) is 0.934. The Balaban J connectivity index is 4.35. The van der Waals surface area contributed by atoms with Crippen LogP contribution in [0.25, 0.3) is 0 Å². The van der Waals surface area contributed by atoms with E-state index in [4.69, 9.17) is 23.2 Å². The van der Waals surface area contributed by atoms with E-state index in [1.807, 2.05) is 19.9 Å². The predicted molar refractivity (Wildman–Crippen MR) is 48.4 cm³/mol. The van der Waals surface area contributed by atoms with Crippen LogP contribution in [-0.2, 0) is 0 Å². The lowest BCUT2D eigenvalue weighted by Crippen LogP contribution is -1.74. The second kappa shape index (κ2) is 4.59. The van der Waals surface area contributed by atoms with Crippen molar-refractivity contribution < 1.29 is 0 Å². The highest BCUT2D eigenvalue weighted by Gasteiger charge is 1.92. The molecule has 0 rings (SSSR count). The van der Waals surface area contributed by atoms with Gasteiger partial charge >= 0.3 is 0 Å². The number of allylic oxidation sites excluding steroid dienone is 5. The maximum atomic E-state index is 5.75. The third kappa shape index (κ3) is 3.76. The Morgan fingerprint density at radius 2 is 1.90 bits per heavy atom. The first-order valence-corrected chi connectivity index (χ1v) is 3.68. The SMILES string of the molecule is C=C(Cl)/C=C(C)\C(Cl)=C/C. The van der Waals surface area contributed by atoms with Crippen molar-refractivity contribution in [2.24, 2.45) is 0 Å². The van der Waals surface area contributed by atoms with E-state index in [2.05, 4.69) is 6.58 Å². The van der Waals surface area contributed by atoms with Gasteiger partial charge in [0.1, 0.15) is 0 Å². The maximum absolute atomic E-state index is 5.75. The average Bonchev–Trinajstić information content (AvgIpc) is 1.85. The first-order chi connectivity index (χ1) is 4.57. The molecule has 10 heavy (non-hydrogen) atoms. The molecule has 0 radical (unpaired) electrons. The fourth-order valence-electron chi connectivity index (χ4n) is 0.532. The molecule has 0 aliphatic rings. The zero-order valence-electron chi connectivity index (χ0n) is 6.12. The largest absolute Gasteiger partial charge is 0.0850 e. The molecule has 0 fully saturated rings. The molecule has 0 amide bonds. The van der Waals surface area contributed by atoms with Gasteiger partial charge in [-0.2, -0.15) is 0 Å². The fourth-order valence-corrected chi connectivity index (χ4v) is 0.750. The lowest BCUT2D eigenvalue weighted by atomic mass is 10.2. The summed E-state index contributed by atoms with van der Waals surface area (Å²) >= 11 is 11.3. The van der Waals surface area contributed by atoms with Crippen LogP contribution in [0.5, 0.6) is 0 Å². The van der Waals surface area contributed by atoms with Gasteiger partial charge in [0.15, 0.2) is 0 Å². The summed E-state index contributed by atoms with van der Waals surface area (Å²) in [6.45, 7) is 7.27. The Morgan fingerprint density at radius 1 is 1.40 bits per heavy atom. The van der Waals surface area contributed by atoms with Gasteiger partial charge in [-0.3, -0.25) is 0 Å². The van der Waals surface area contributed by atoms with Gasteiger partial charge in [-0.1, -0.05) is 35.9 Å². The van der Waals surface area contributed by atoms with Gasteiger partial charge in [0.25, 0.3) is 0 Å². The van der Waals surface area contributed by atoms with Crippen LogP contribution in [0.3, 0.4) is 0 Å². The van der Waals surface area contributed by atoms with Crippen molar-refractivity contribution in [2.75, 3.05) is 0 Å². The van der Waals surface area contributed by atoms with Crippen molar-refractivity contribution in [3.05, 3.63) is 34.4 Å². The Morgan fingerprint density at radius 3 is 2.20 bits per heavy atom. The molecule has 0 heterocycles. The van der Waals surface area contributed by atoms with Gasteiger partial charge in [0.2, 0.25) is 0 Å². The zero-order valence-corrected chi connectivity index (χ0v) is 7.63. The van der Waals surface area contributed by atoms with Crippen molar-refractivity contribution in [3.63, 3.8) is 0 Å². The van der Waals surface area contributed by atoms with Crippen LogP contribution in [0.2, 0.25) is 0 Å². The molecule has 2 heteroatoms. The van der Waals surface area contributed by atoms with Crippen molar-refractivity contribution in [1.82, 2.24) is 0 Å². The molecule has 56 valence electrons. The normalized spacial score (nSPS) is 13.6. The van der Waals surface area contributed by atoms with E-state index in [9.17, 15) is 0 Å². The molecule has 0 aromatic rings. The van der Waals surface area contributed by atoms with Crippen LogP contribution in [-0.4, -0.2) is 0 Å². The van der Waals surface area contributed by atoms with E-state index in [1.54, 1.807) is 6.08 Å². The van der Waals surface area contributed by atoms with Gasteiger partial charge in [-0.05, 0) is 25.5 Å². The van der Waals surface area contributed by atoms with E-state index in [-0.39, 0.29) is 0 Å². The third-order valence-corrected chi connectivity index (χ3v) is 1.63. The summed E-state index contributed by atoms with van der Waals surface area (Å²) in [5, 5.41) is 1.21. The predicted octanol–water partition coefficient (Wildman–Crippen LogP) is 3.83. The lowest BCUT2D eigenvalue weighted by Gasteiger charge is -1.95. The summed E-state index contributed by atoms with van der Waals surface area (Å²) in [5.74, 6) is 0. The molecule has 0 bridgehead atoms. The minimum absolute atomic E-state index is 0.498. The number of hydrogen-bond acceptors (Lipinski definition) is 0. The Labute approximate surface area is 71.8 Å². The quantitative estimate of drug-likeness (QED) is 0.562. The molecule has 0 atom stereocenters. The van der Waals surface area contributed by atoms with E-state index in [0.717, 1.165) is 5.57 Å². The molecule has 0 spiro atoms. The Kier molecular flexibility index (Phi) is 4.50. The molecule has 0 unspecified atom stereocenters. The van der Waals surface area contributed by atoms with E-state index >= 15 is 0 Å². The van der Waals surface area contributed by atoms with Crippen molar-refractivity contribution in [3.8, 4) is 0 Å². The molecule has 0 aliphatic carbocycles. The van der Waals surface area contributed by atoms with Crippen molar-refractivity contribution in [1.29, 1.82) is 0 Å². The molecule has 0 nitrogen and oxygen atoms in total. The van der Waals surface area contributed by atoms with Crippen LogP contribution < -0.4 is 0 Å². The molecule has 0 N–H and O–H groups in total. The topological polar surface area (TPSA) is 0 Å². The highest BCUT2D eigenvalue weighted by atomic mass is 35.5. The molecule has 0 aliphatic heterocycles. The molecule has 0 saturated carbocycles. The molecule has 0 aromatic carbocycles. The van der Waals surface area contributed by atoms with Crippen molar-refractivity contribution in [2.45, 2.75) is 13.8 Å². The second-order valence-corrected chi connectivity index (χ2v) is 2.80. The Hall–Kier alpha value is -0.200. The number of hydrogen-bond donors (Lipinski definition) is 0. The lowest BCUT2D eigenvalue weighted by molar-refractivity contribution is 1.46. The fraction of sp³-hybridized carbons (Fsp3) is 0.250. The smallest absolute Gasteiger partial charge is 0.0393 e. The molecular formula is C8H10Cl2. The van der Waals surface area contributed by atoms with Crippen molar-refractivity contribution >= 4 is 23.2 Å². The van der Waals surface area contributed by atoms with Gasteiger partial charge in [-0.15, -0.1) is 0 Å². The summed E-state index contributed by atoms with van der Waals surface area (Å²) in [6.07, 6.45) is 3.54. The van der Waals surface area contributed by atoms with E-state index in [1.165, 1.54) is 0 Å². The van der Waals surface area contributed by atoms with E-state index in [0.29, 0.717) is 10.1 Å². The minimum Gasteiger partial charge on any atom is -0.0850 e. The summed E-state index contributed by atoms with van der Waals surface area (Å²) < 4.78 is 0. The third-order valence-electron chi connectivity index (χ3n) is 1.00. The van der Waals surface area contributed by atoms with Gasteiger partial charge < -0.3 is 0 Å². The monoisotopic (exact) mass is 176 g/mol. The first-order valence-electron chi connectivity index (χ1n) is 2.92. The highest BCUT2D eigenvalue weighted by Crippen LogP contribution is 2.16. The van der Waals surface area contributed by atoms with Crippen LogP contribution in [0, 0.1) is 0 Å². The standard InChI is InChI=1S/C8H10Cl2/c1-4-8(10)6(2)5-7(3)9/h4-5H,3H2,1-2H3/b6-5-,8-4+. The van der Waals surface area contributed by atoms with Crippen LogP contribution in [0.15, 0.2) is 34.4 Å². The first kappa shape index (κ1) is 9.80. The molecular weight excluding hydrogens is 167 g/mol. The van der Waals surface area contributed by atoms with Gasteiger partial charge in [0, 0.05) is 10.1 Å². The van der Waals surface area contributed by atoms with Gasteiger partial charge in [-0.25, -0.2) is 0 Å². The van der Waals surface area contributed by atoms with Crippen LogP contribution in [0.4, 0.5) is 0 Å². The average molecular weight is 177 g/mol. The summed E-state index contributed by atoms with van der Waals surface area (Å²) in [4.78, 5) is 0. The van der Waals surface area contributed by atoms with Crippen LogP contribution >= 0.6 is 23.2 Å². The molecule has 0 saturated heterocycles. The second-order valence-electron chi connectivity index (χ2n) is 1.91. The van der Waals surface area contributed by atoms with Crippen LogP contribution in [0.1, 0.15) is 13.8 Å². The Bertz CT molecular complexity index is 187. The maximum Gasteiger partial charge on any atom is 0.0393 e. The minimum atomic E-state index is 0.498. The van der Waals surface area contributed by atoms with E-state index < -0.39 is 0 Å². The number of halogens is 2.